The Bertz CT molecular complexity index is 214. The zero-order valence-corrected chi connectivity index (χ0v) is 7.66. The third-order valence-electron chi connectivity index (χ3n) is 1.24. The molecule has 0 aromatic heterocycles. The third kappa shape index (κ3) is 6.81. The van der Waals surface area contributed by atoms with Gasteiger partial charge in [-0.15, -0.1) is 0 Å². The minimum atomic E-state index is 0.982. The zero-order chi connectivity index (χ0) is 9.23. The molecular weight excluding hydrogens is 144 g/mol. The van der Waals surface area contributed by atoms with Crippen molar-refractivity contribution in [3.8, 4) is 0 Å². The van der Waals surface area contributed by atoms with Gasteiger partial charge in [-0.1, -0.05) is 62.6 Å². The lowest BCUT2D eigenvalue weighted by atomic mass is 10.2. The number of hydrogen-bond donors (Lipinski definition) is 0. The Labute approximate surface area is 75.3 Å². The second kappa shape index (κ2) is 7.80. The first-order chi connectivity index (χ1) is 5.81. The van der Waals surface area contributed by atoms with Crippen LogP contribution in [0.3, 0.4) is 0 Å². The highest BCUT2D eigenvalue weighted by Gasteiger charge is 1.74. The Balaban J connectivity index is 3.83. The van der Waals surface area contributed by atoms with Crippen LogP contribution in [0.25, 0.3) is 0 Å². The largest absolute Gasteiger partial charge is 0.0991 e. The Morgan fingerprint density at radius 1 is 1.17 bits per heavy atom. The summed E-state index contributed by atoms with van der Waals surface area (Å²) in [4.78, 5) is 0. The molecule has 12 heavy (non-hydrogen) atoms. The monoisotopic (exact) mass is 160 g/mol. The fourth-order valence-electron chi connectivity index (χ4n) is 0.641. The van der Waals surface area contributed by atoms with Gasteiger partial charge in [0.2, 0.25) is 0 Å². The Hall–Kier alpha value is -1.30. The lowest BCUT2D eigenvalue weighted by molar-refractivity contribution is 1.22. The predicted molar refractivity (Wildman–Crippen MR) is 57.0 cm³/mol. The van der Waals surface area contributed by atoms with E-state index in [-0.39, 0.29) is 0 Å². The quantitative estimate of drug-likeness (QED) is 0.536. The standard InChI is InChI=1S/C12H16/c1-4-6-8-9-11-12(3)10-7-5-2/h5-11H,2-4H2,1H3/b8-6-,10-7-,11-9-. The van der Waals surface area contributed by atoms with E-state index in [1.165, 1.54) is 0 Å². The van der Waals surface area contributed by atoms with E-state index in [4.69, 9.17) is 0 Å². The molecule has 0 aliphatic carbocycles. The van der Waals surface area contributed by atoms with E-state index in [9.17, 15) is 0 Å². The molecule has 0 radical (unpaired) electrons. The molecule has 0 saturated carbocycles. The van der Waals surface area contributed by atoms with Gasteiger partial charge in [0.05, 0.1) is 0 Å². The van der Waals surface area contributed by atoms with Gasteiger partial charge in [0.15, 0.2) is 0 Å². The summed E-state index contributed by atoms with van der Waals surface area (Å²) in [5.41, 5.74) is 0.982. The summed E-state index contributed by atoms with van der Waals surface area (Å²) in [6, 6.07) is 0. The van der Waals surface area contributed by atoms with Crippen LogP contribution >= 0.6 is 0 Å². The van der Waals surface area contributed by atoms with Crippen molar-refractivity contribution < 1.29 is 0 Å². The minimum absolute atomic E-state index is 0.982. The van der Waals surface area contributed by atoms with E-state index in [0.29, 0.717) is 0 Å². The molecule has 0 fully saturated rings. The Morgan fingerprint density at radius 2 is 1.83 bits per heavy atom. The Morgan fingerprint density at radius 3 is 2.42 bits per heavy atom. The summed E-state index contributed by atoms with van der Waals surface area (Å²) in [5.74, 6) is 0. The minimum Gasteiger partial charge on any atom is -0.0991 e. The van der Waals surface area contributed by atoms with Crippen molar-refractivity contribution in [2.24, 2.45) is 0 Å². The molecule has 0 spiro atoms. The van der Waals surface area contributed by atoms with E-state index >= 15 is 0 Å². The molecule has 0 nitrogen and oxygen atoms in total. The molecule has 0 aliphatic heterocycles. The smallest absolute Gasteiger partial charge is 0.0329 e. The lowest BCUT2D eigenvalue weighted by Gasteiger charge is -1.84. The topological polar surface area (TPSA) is 0 Å². The zero-order valence-electron chi connectivity index (χ0n) is 7.66. The van der Waals surface area contributed by atoms with Crippen LogP contribution in [0.4, 0.5) is 0 Å². The van der Waals surface area contributed by atoms with Crippen molar-refractivity contribution in [3.63, 3.8) is 0 Å². The fraction of sp³-hybridized carbons (Fsp3) is 0.167. The maximum atomic E-state index is 3.83. The van der Waals surface area contributed by atoms with Gasteiger partial charge in [0, 0.05) is 0 Å². The van der Waals surface area contributed by atoms with Crippen molar-refractivity contribution in [2.45, 2.75) is 13.3 Å². The van der Waals surface area contributed by atoms with Crippen molar-refractivity contribution in [1.82, 2.24) is 0 Å². The summed E-state index contributed by atoms with van der Waals surface area (Å²) in [6.45, 7) is 9.52. The average molecular weight is 160 g/mol. The van der Waals surface area contributed by atoms with Crippen LogP contribution in [-0.2, 0) is 0 Å². The highest BCUT2D eigenvalue weighted by atomic mass is 13.8. The molecule has 0 rings (SSSR count). The van der Waals surface area contributed by atoms with Gasteiger partial charge in [-0.2, -0.15) is 0 Å². The summed E-state index contributed by atoms with van der Waals surface area (Å²) < 4.78 is 0. The maximum absolute atomic E-state index is 3.83. The SMILES string of the molecule is C=C/C=C\C(=C)/C=C\C=C/CC. The van der Waals surface area contributed by atoms with Crippen LogP contribution in [-0.4, -0.2) is 0 Å². The van der Waals surface area contributed by atoms with E-state index in [0.717, 1.165) is 12.0 Å². The molecule has 0 saturated heterocycles. The van der Waals surface area contributed by atoms with Crippen LogP contribution in [0.1, 0.15) is 13.3 Å². The van der Waals surface area contributed by atoms with Gasteiger partial charge < -0.3 is 0 Å². The fourth-order valence-corrected chi connectivity index (χ4v) is 0.641. The maximum Gasteiger partial charge on any atom is -0.0329 e. The lowest BCUT2D eigenvalue weighted by Crippen LogP contribution is -1.64. The van der Waals surface area contributed by atoms with Crippen molar-refractivity contribution in [2.75, 3.05) is 0 Å². The molecule has 0 unspecified atom stereocenters. The molecule has 64 valence electrons. The highest BCUT2D eigenvalue weighted by Crippen LogP contribution is 1.95. The van der Waals surface area contributed by atoms with Crippen LogP contribution in [0, 0.1) is 0 Å². The van der Waals surface area contributed by atoms with Gasteiger partial charge in [0.25, 0.3) is 0 Å². The molecule has 0 aliphatic rings. The second-order valence-corrected chi connectivity index (χ2v) is 2.37. The first kappa shape index (κ1) is 10.7. The average Bonchev–Trinajstić information content (AvgIpc) is 2.09. The van der Waals surface area contributed by atoms with Crippen LogP contribution in [0.5, 0.6) is 0 Å². The summed E-state index contributed by atoms with van der Waals surface area (Å²) >= 11 is 0. The molecule has 0 heteroatoms. The molecule has 0 amide bonds. The summed E-state index contributed by atoms with van der Waals surface area (Å²) in [7, 11) is 0. The van der Waals surface area contributed by atoms with Crippen LogP contribution < -0.4 is 0 Å². The second-order valence-electron chi connectivity index (χ2n) is 2.37. The van der Waals surface area contributed by atoms with Gasteiger partial charge in [-0.25, -0.2) is 0 Å². The van der Waals surface area contributed by atoms with E-state index in [2.05, 4.69) is 26.2 Å². The predicted octanol–water partition coefficient (Wildman–Crippen LogP) is 3.81. The molecule has 0 heterocycles. The summed E-state index contributed by atoms with van der Waals surface area (Å²) in [5, 5.41) is 0. The first-order valence-electron chi connectivity index (χ1n) is 4.12. The third-order valence-corrected chi connectivity index (χ3v) is 1.24. The van der Waals surface area contributed by atoms with E-state index < -0.39 is 0 Å². The van der Waals surface area contributed by atoms with Gasteiger partial charge in [0.1, 0.15) is 0 Å². The molecule has 0 bridgehead atoms. The van der Waals surface area contributed by atoms with Crippen molar-refractivity contribution in [3.05, 3.63) is 61.3 Å². The van der Waals surface area contributed by atoms with Crippen molar-refractivity contribution in [1.29, 1.82) is 0 Å². The summed E-state index contributed by atoms with van der Waals surface area (Å²) in [6.07, 6.45) is 14.7. The van der Waals surface area contributed by atoms with Crippen LogP contribution in [0.2, 0.25) is 0 Å². The van der Waals surface area contributed by atoms with Crippen molar-refractivity contribution >= 4 is 0 Å². The molecule has 0 N–H and O–H groups in total. The highest BCUT2D eigenvalue weighted by molar-refractivity contribution is 5.30. The van der Waals surface area contributed by atoms with Gasteiger partial charge in [-0.05, 0) is 12.0 Å². The molecule has 0 aromatic carbocycles. The normalized spacial score (nSPS) is 11.8. The molecular formula is C12H16. The number of allylic oxidation sites excluding steroid dienone is 8. The molecule has 0 aromatic rings. The number of hydrogen-bond acceptors (Lipinski definition) is 0. The molecule has 0 atom stereocenters. The number of rotatable bonds is 5. The van der Waals surface area contributed by atoms with Gasteiger partial charge in [-0.3, -0.25) is 0 Å². The van der Waals surface area contributed by atoms with Crippen LogP contribution in [0.15, 0.2) is 61.3 Å². The van der Waals surface area contributed by atoms with Gasteiger partial charge >= 0.3 is 0 Å². The Kier molecular flexibility index (Phi) is 6.96. The first-order valence-corrected chi connectivity index (χ1v) is 4.12. The van der Waals surface area contributed by atoms with E-state index in [1.54, 1.807) is 6.08 Å². The van der Waals surface area contributed by atoms with E-state index in [1.807, 2.05) is 30.4 Å².